The fourth-order valence-electron chi connectivity index (χ4n) is 1.99. The lowest BCUT2D eigenvalue weighted by Crippen LogP contribution is -2.03. The van der Waals surface area contributed by atoms with Gasteiger partial charge >= 0.3 is 0 Å². The van der Waals surface area contributed by atoms with Gasteiger partial charge in [0.05, 0.1) is 5.56 Å². The first-order valence-corrected chi connectivity index (χ1v) is 7.83. The Morgan fingerprint density at radius 2 is 2.22 bits per heavy atom. The molecule has 1 N–H and O–H groups in total. The molecule has 0 saturated carbocycles. The van der Waals surface area contributed by atoms with Crippen LogP contribution in [0.3, 0.4) is 0 Å². The van der Waals surface area contributed by atoms with Crippen LogP contribution in [0.25, 0.3) is 11.3 Å². The summed E-state index contributed by atoms with van der Waals surface area (Å²) in [4.78, 5) is 16.8. The first kappa shape index (κ1) is 17.0. The Morgan fingerprint density at radius 3 is 2.87 bits per heavy atom. The van der Waals surface area contributed by atoms with Gasteiger partial charge in [0.1, 0.15) is 17.3 Å². The minimum absolute atomic E-state index is 0.00592. The smallest absolute Gasteiger partial charge is 0.170 e. The van der Waals surface area contributed by atoms with Gasteiger partial charge in [-0.25, -0.2) is 4.39 Å². The number of nitrogens with zero attached hydrogens (tertiary/aromatic N) is 1. The highest BCUT2D eigenvalue weighted by Gasteiger charge is 2.15. The van der Waals surface area contributed by atoms with E-state index in [9.17, 15) is 14.3 Å². The summed E-state index contributed by atoms with van der Waals surface area (Å²) in [5.74, 6) is -1.01. The van der Waals surface area contributed by atoms with Crippen LogP contribution in [-0.4, -0.2) is 15.9 Å². The van der Waals surface area contributed by atoms with E-state index in [0.717, 1.165) is 0 Å². The Balaban J connectivity index is 2.21. The summed E-state index contributed by atoms with van der Waals surface area (Å²) in [6, 6.07) is 7.24. The van der Waals surface area contributed by atoms with Gasteiger partial charge in [0.2, 0.25) is 0 Å². The fraction of sp³-hybridized carbons (Fsp3) is 0.111. The third-order valence-corrected chi connectivity index (χ3v) is 3.94. The van der Waals surface area contributed by atoms with Crippen molar-refractivity contribution in [2.75, 3.05) is 0 Å². The summed E-state index contributed by atoms with van der Waals surface area (Å²) in [5.41, 5.74) is 0.698. The number of carbonyl (C=O) groups excluding carboxylic acids is 1. The van der Waals surface area contributed by atoms with Gasteiger partial charge in [0.15, 0.2) is 5.78 Å². The van der Waals surface area contributed by atoms with Gasteiger partial charge < -0.3 is 5.11 Å². The van der Waals surface area contributed by atoms with Gasteiger partial charge in [-0.3, -0.25) is 9.78 Å². The molecule has 0 atom stereocenters. The quantitative estimate of drug-likeness (QED) is 0.762. The first-order chi connectivity index (χ1) is 11.0. The number of hydrogen-bond acceptors (Lipinski definition) is 4. The standard InChI is InChI=1S/C18H16FNO2S/c1-3-9-23-12(2)10-17(22)14-7-6-13(11-15(14)19)18-16(21)5-4-8-20-18/h3-9,11,21H,2,10H2,1H3/b9-3-. The predicted molar refractivity (Wildman–Crippen MR) is 91.8 cm³/mol. The van der Waals surface area contributed by atoms with Crippen LogP contribution >= 0.6 is 11.8 Å². The Labute approximate surface area is 138 Å². The van der Waals surface area contributed by atoms with Gasteiger partial charge in [-0.05, 0) is 41.5 Å². The maximum Gasteiger partial charge on any atom is 0.170 e. The molecule has 118 valence electrons. The summed E-state index contributed by atoms with van der Waals surface area (Å²) < 4.78 is 14.2. The second-order valence-corrected chi connectivity index (χ2v) is 5.88. The molecule has 23 heavy (non-hydrogen) atoms. The summed E-state index contributed by atoms with van der Waals surface area (Å²) in [6.07, 6.45) is 3.42. The van der Waals surface area contributed by atoms with Gasteiger partial charge in [-0.2, -0.15) is 0 Å². The molecule has 0 spiro atoms. The molecule has 0 saturated heterocycles. The summed E-state index contributed by atoms with van der Waals surface area (Å²) in [6.45, 7) is 5.66. The molecule has 0 bridgehead atoms. The average molecular weight is 329 g/mol. The second-order valence-electron chi connectivity index (χ2n) is 4.79. The van der Waals surface area contributed by atoms with E-state index in [1.54, 1.807) is 12.1 Å². The molecule has 0 amide bonds. The SMILES string of the molecule is C=C(CC(=O)c1ccc(-c2ncccc2O)cc1F)S/C=C\C. The first-order valence-electron chi connectivity index (χ1n) is 6.95. The number of Topliss-reactive ketones (excluding diaryl/α,β-unsaturated/α-hetero) is 1. The van der Waals surface area contributed by atoms with Crippen molar-refractivity contribution in [3.8, 4) is 17.0 Å². The van der Waals surface area contributed by atoms with Crippen molar-refractivity contribution < 1.29 is 14.3 Å². The molecule has 0 aliphatic carbocycles. The molecule has 5 heteroatoms. The van der Waals surface area contributed by atoms with Crippen molar-refractivity contribution in [2.24, 2.45) is 0 Å². The van der Waals surface area contributed by atoms with Crippen LogP contribution in [0.15, 0.2) is 59.5 Å². The van der Waals surface area contributed by atoms with E-state index < -0.39 is 5.82 Å². The summed E-state index contributed by atoms with van der Waals surface area (Å²) >= 11 is 1.35. The highest BCUT2D eigenvalue weighted by molar-refractivity contribution is 8.05. The average Bonchev–Trinajstić information content (AvgIpc) is 2.53. The molecule has 3 nitrogen and oxygen atoms in total. The molecule has 0 aliphatic heterocycles. The molecular weight excluding hydrogens is 313 g/mol. The van der Waals surface area contributed by atoms with E-state index in [0.29, 0.717) is 10.5 Å². The lowest BCUT2D eigenvalue weighted by Gasteiger charge is -2.07. The van der Waals surface area contributed by atoms with Crippen LogP contribution < -0.4 is 0 Å². The molecule has 0 aliphatic rings. The van der Waals surface area contributed by atoms with Gasteiger partial charge in [0.25, 0.3) is 0 Å². The fourth-order valence-corrected chi connectivity index (χ4v) is 2.53. The largest absolute Gasteiger partial charge is 0.506 e. The van der Waals surface area contributed by atoms with Crippen molar-refractivity contribution in [2.45, 2.75) is 13.3 Å². The number of allylic oxidation sites excluding steroid dienone is 2. The Hall–Kier alpha value is -2.40. The van der Waals surface area contributed by atoms with Crippen molar-refractivity contribution in [3.63, 3.8) is 0 Å². The van der Waals surface area contributed by atoms with Crippen LogP contribution in [0.5, 0.6) is 5.75 Å². The minimum Gasteiger partial charge on any atom is -0.506 e. The molecule has 1 aromatic heterocycles. The minimum atomic E-state index is -0.638. The number of benzene rings is 1. The number of hydrogen-bond donors (Lipinski definition) is 1. The molecule has 2 rings (SSSR count). The van der Waals surface area contributed by atoms with Crippen molar-refractivity contribution in [1.82, 2.24) is 4.98 Å². The van der Waals surface area contributed by atoms with Crippen molar-refractivity contribution in [3.05, 3.63) is 70.9 Å². The maximum absolute atomic E-state index is 14.2. The molecule has 2 aromatic rings. The third kappa shape index (κ3) is 4.29. The molecule has 0 unspecified atom stereocenters. The number of halogens is 1. The lowest BCUT2D eigenvalue weighted by molar-refractivity contribution is 0.0991. The van der Waals surface area contributed by atoms with E-state index in [1.807, 2.05) is 18.4 Å². The maximum atomic E-state index is 14.2. The zero-order chi connectivity index (χ0) is 16.8. The van der Waals surface area contributed by atoms with Crippen molar-refractivity contribution >= 4 is 17.5 Å². The van der Waals surface area contributed by atoms with Crippen molar-refractivity contribution in [1.29, 1.82) is 0 Å². The lowest BCUT2D eigenvalue weighted by atomic mass is 10.0. The Kier molecular flexibility index (Phi) is 5.71. The van der Waals surface area contributed by atoms with Crippen LogP contribution in [0.1, 0.15) is 23.7 Å². The number of rotatable bonds is 6. The van der Waals surface area contributed by atoms with E-state index >= 15 is 0 Å². The van der Waals surface area contributed by atoms with Crippen LogP contribution in [0, 0.1) is 5.82 Å². The number of carbonyl (C=O) groups is 1. The zero-order valence-electron chi connectivity index (χ0n) is 12.6. The van der Waals surface area contributed by atoms with E-state index in [-0.39, 0.29) is 29.2 Å². The number of aromatic nitrogens is 1. The number of pyridine rings is 1. The predicted octanol–water partition coefficient (Wildman–Crippen LogP) is 4.95. The molecule has 0 fully saturated rings. The number of aromatic hydroxyl groups is 1. The monoisotopic (exact) mass is 329 g/mol. The van der Waals surface area contributed by atoms with E-state index in [4.69, 9.17) is 0 Å². The van der Waals surface area contributed by atoms with Crippen LogP contribution in [0.2, 0.25) is 0 Å². The normalized spacial score (nSPS) is 10.9. The summed E-state index contributed by atoms with van der Waals surface area (Å²) in [7, 11) is 0. The molecule has 1 aromatic carbocycles. The zero-order valence-corrected chi connectivity index (χ0v) is 13.4. The molecule has 0 radical (unpaired) electrons. The molecule has 1 heterocycles. The molecular formula is C18H16FNO2S. The van der Waals surface area contributed by atoms with Gasteiger partial charge in [-0.15, -0.1) is 11.8 Å². The number of ketones is 1. The highest BCUT2D eigenvalue weighted by atomic mass is 32.2. The van der Waals surface area contributed by atoms with E-state index in [2.05, 4.69) is 11.6 Å². The van der Waals surface area contributed by atoms with Gasteiger partial charge in [-0.1, -0.05) is 18.7 Å². The van der Waals surface area contributed by atoms with E-state index in [1.165, 1.54) is 36.2 Å². The highest BCUT2D eigenvalue weighted by Crippen LogP contribution is 2.28. The third-order valence-electron chi connectivity index (χ3n) is 3.06. The van der Waals surface area contributed by atoms with Crippen LogP contribution in [-0.2, 0) is 0 Å². The Morgan fingerprint density at radius 1 is 1.43 bits per heavy atom. The topological polar surface area (TPSA) is 50.2 Å². The second kappa shape index (κ2) is 7.74. The van der Waals surface area contributed by atoms with Crippen LogP contribution in [0.4, 0.5) is 4.39 Å². The Bertz CT molecular complexity index is 771. The summed E-state index contributed by atoms with van der Waals surface area (Å²) in [5, 5.41) is 11.6. The number of thioether (sulfide) groups is 1. The van der Waals surface area contributed by atoms with Gasteiger partial charge in [0, 0.05) is 18.2 Å².